The number of aryl methyl sites for hydroxylation is 1. The molecule has 0 heterocycles. The number of halogens is 3. The van der Waals surface area contributed by atoms with Gasteiger partial charge in [0.2, 0.25) is 6.10 Å². The number of ether oxygens (including phenoxy) is 1. The van der Waals surface area contributed by atoms with Crippen LogP contribution in [0.4, 0.5) is 18.9 Å². The van der Waals surface area contributed by atoms with Crippen LogP contribution in [0.1, 0.15) is 33.2 Å². The van der Waals surface area contributed by atoms with Crippen molar-refractivity contribution < 1.29 is 35.9 Å². The summed E-state index contributed by atoms with van der Waals surface area (Å²) in [6.07, 6.45) is -5.12. The number of amides is 1. The second-order valence-electron chi connectivity index (χ2n) is 7.51. The number of nitrogens with one attached hydrogen (secondary N) is 1. The monoisotopic (exact) mass is 491 g/mol. The molecule has 0 aliphatic rings. The molecule has 3 rings (SSSR count). The van der Waals surface area contributed by atoms with Crippen LogP contribution in [0.2, 0.25) is 0 Å². The summed E-state index contributed by atoms with van der Waals surface area (Å²) in [5.41, 5.74) is -0.450. The number of carbonyl (C=O) groups is 2. The first-order valence-corrected chi connectivity index (χ1v) is 11.8. The first-order chi connectivity index (χ1) is 15.9. The van der Waals surface area contributed by atoms with Crippen LogP contribution >= 0.6 is 0 Å². The van der Waals surface area contributed by atoms with Crippen molar-refractivity contribution in [2.24, 2.45) is 0 Å². The van der Waals surface area contributed by atoms with E-state index in [9.17, 15) is 31.2 Å². The number of anilines is 1. The van der Waals surface area contributed by atoms with Crippen LogP contribution in [-0.2, 0) is 25.5 Å². The fraction of sp³-hybridized carbons (Fsp3) is 0.167. The van der Waals surface area contributed by atoms with Gasteiger partial charge in [-0.2, -0.15) is 13.2 Å². The van der Waals surface area contributed by atoms with Crippen LogP contribution in [0.15, 0.2) is 77.7 Å². The van der Waals surface area contributed by atoms with E-state index in [4.69, 9.17) is 4.74 Å². The van der Waals surface area contributed by atoms with Crippen molar-refractivity contribution in [2.45, 2.75) is 24.1 Å². The Labute approximate surface area is 194 Å². The van der Waals surface area contributed by atoms with Gasteiger partial charge in [0, 0.05) is 17.5 Å². The van der Waals surface area contributed by atoms with Gasteiger partial charge in [-0.1, -0.05) is 42.5 Å². The third-order valence-corrected chi connectivity index (χ3v) is 5.99. The lowest BCUT2D eigenvalue weighted by molar-refractivity contribution is -0.137. The Hall–Kier alpha value is -3.66. The van der Waals surface area contributed by atoms with Gasteiger partial charge in [-0.15, -0.1) is 0 Å². The van der Waals surface area contributed by atoms with E-state index >= 15 is 0 Å². The van der Waals surface area contributed by atoms with E-state index in [0.717, 1.165) is 30.5 Å². The van der Waals surface area contributed by atoms with Crippen molar-refractivity contribution in [2.75, 3.05) is 11.6 Å². The molecule has 1 atom stereocenters. The summed E-state index contributed by atoms with van der Waals surface area (Å²) in [5, 5.41) is 2.35. The van der Waals surface area contributed by atoms with Gasteiger partial charge in [0.1, 0.15) is 0 Å². The average molecular weight is 491 g/mol. The number of benzene rings is 3. The zero-order chi connectivity index (χ0) is 25.1. The van der Waals surface area contributed by atoms with Crippen molar-refractivity contribution in [3.05, 3.63) is 95.1 Å². The summed E-state index contributed by atoms with van der Waals surface area (Å²) < 4.78 is 68.2. The van der Waals surface area contributed by atoms with E-state index in [1.165, 1.54) is 30.3 Å². The largest absolute Gasteiger partial charge is 0.444 e. The second-order valence-corrected chi connectivity index (χ2v) is 9.53. The van der Waals surface area contributed by atoms with E-state index in [2.05, 4.69) is 5.32 Å². The van der Waals surface area contributed by atoms with Gasteiger partial charge in [0.15, 0.2) is 9.84 Å². The minimum atomic E-state index is -4.60. The molecule has 0 aliphatic carbocycles. The molecule has 0 saturated heterocycles. The Kier molecular flexibility index (Phi) is 7.11. The van der Waals surface area contributed by atoms with Crippen molar-refractivity contribution in [1.82, 2.24) is 0 Å². The van der Waals surface area contributed by atoms with E-state index in [-0.39, 0.29) is 21.7 Å². The standard InChI is InChI=1S/C24H20F3NO5S/c1-15-11-12-19(34(2,31)32)14-20(15)23(30)33-21(16-7-4-3-5-8-16)22(29)28-18-10-6-9-17(13-18)24(25,26)27/h3-14,21H,1-2H3,(H,28,29). The lowest BCUT2D eigenvalue weighted by Crippen LogP contribution is -2.26. The van der Waals surface area contributed by atoms with Crippen LogP contribution in [0, 0.1) is 6.92 Å². The maximum atomic E-state index is 13.0. The zero-order valence-corrected chi connectivity index (χ0v) is 18.9. The Bertz CT molecular complexity index is 1320. The smallest absolute Gasteiger partial charge is 0.416 e. The molecule has 0 spiro atoms. The molecule has 6 nitrogen and oxygen atoms in total. The predicted octanol–water partition coefficient (Wildman–Crippen LogP) is 4.95. The number of carbonyl (C=O) groups excluding carboxylic acids is 2. The number of alkyl halides is 3. The number of esters is 1. The number of rotatable bonds is 6. The summed E-state index contributed by atoms with van der Waals surface area (Å²) >= 11 is 0. The Balaban J connectivity index is 1.93. The average Bonchev–Trinajstić information content (AvgIpc) is 2.77. The van der Waals surface area contributed by atoms with E-state index in [1.807, 2.05) is 0 Å². The summed E-state index contributed by atoms with van der Waals surface area (Å²) in [7, 11) is -3.61. The molecular formula is C24H20F3NO5S. The van der Waals surface area contributed by atoms with Gasteiger partial charge >= 0.3 is 12.1 Å². The van der Waals surface area contributed by atoms with Crippen LogP contribution in [-0.4, -0.2) is 26.6 Å². The van der Waals surface area contributed by atoms with Crippen molar-refractivity contribution >= 4 is 27.4 Å². The van der Waals surface area contributed by atoms with Crippen LogP contribution < -0.4 is 5.32 Å². The SMILES string of the molecule is Cc1ccc(S(C)(=O)=O)cc1C(=O)OC(C(=O)Nc1cccc(C(F)(F)F)c1)c1ccccc1. The molecule has 1 N–H and O–H groups in total. The fourth-order valence-electron chi connectivity index (χ4n) is 3.10. The second kappa shape index (κ2) is 9.68. The fourth-order valence-corrected chi connectivity index (χ4v) is 3.75. The van der Waals surface area contributed by atoms with Crippen molar-refractivity contribution in [1.29, 1.82) is 0 Å². The lowest BCUT2D eigenvalue weighted by atomic mass is 10.1. The number of hydrogen-bond acceptors (Lipinski definition) is 5. The molecule has 3 aromatic rings. The van der Waals surface area contributed by atoms with Crippen molar-refractivity contribution in [3.63, 3.8) is 0 Å². The Morgan fingerprint density at radius 3 is 2.24 bits per heavy atom. The summed E-state index contributed by atoms with van der Waals surface area (Å²) in [4.78, 5) is 25.8. The highest BCUT2D eigenvalue weighted by Crippen LogP contribution is 2.31. The number of hydrogen-bond donors (Lipinski definition) is 1. The zero-order valence-electron chi connectivity index (χ0n) is 18.1. The van der Waals surface area contributed by atoms with E-state index < -0.39 is 39.6 Å². The van der Waals surface area contributed by atoms with Crippen LogP contribution in [0.25, 0.3) is 0 Å². The van der Waals surface area contributed by atoms with E-state index in [0.29, 0.717) is 5.56 Å². The highest BCUT2D eigenvalue weighted by atomic mass is 32.2. The lowest BCUT2D eigenvalue weighted by Gasteiger charge is -2.19. The molecule has 3 aromatic carbocycles. The highest BCUT2D eigenvalue weighted by Gasteiger charge is 2.31. The normalized spacial score (nSPS) is 12.6. The molecule has 0 aliphatic heterocycles. The summed E-state index contributed by atoms with van der Waals surface area (Å²) in [6.45, 7) is 1.57. The Morgan fingerprint density at radius 2 is 1.62 bits per heavy atom. The van der Waals surface area contributed by atoms with Crippen LogP contribution in [0.3, 0.4) is 0 Å². The minimum Gasteiger partial charge on any atom is -0.444 e. The van der Waals surface area contributed by atoms with Gasteiger partial charge in [-0.05, 0) is 42.8 Å². The molecule has 0 saturated carbocycles. The first-order valence-electron chi connectivity index (χ1n) is 9.91. The van der Waals surface area contributed by atoms with Gasteiger partial charge in [-0.3, -0.25) is 4.79 Å². The van der Waals surface area contributed by atoms with E-state index in [1.54, 1.807) is 25.1 Å². The molecule has 1 unspecified atom stereocenters. The first kappa shape index (κ1) is 25.0. The molecular weight excluding hydrogens is 471 g/mol. The number of sulfone groups is 1. The molecule has 34 heavy (non-hydrogen) atoms. The van der Waals surface area contributed by atoms with Crippen molar-refractivity contribution in [3.8, 4) is 0 Å². The third kappa shape index (κ3) is 6.02. The maximum Gasteiger partial charge on any atom is 0.416 e. The highest BCUT2D eigenvalue weighted by molar-refractivity contribution is 7.90. The van der Waals surface area contributed by atoms with Gasteiger partial charge in [0.25, 0.3) is 5.91 Å². The summed E-state index contributed by atoms with van der Waals surface area (Å²) in [6, 6.07) is 15.9. The molecule has 10 heteroatoms. The molecule has 0 bridgehead atoms. The topological polar surface area (TPSA) is 89.5 Å². The maximum absolute atomic E-state index is 13.0. The van der Waals surface area contributed by atoms with Gasteiger partial charge in [-0.25, -0.2) is 13.2 Å². The molecule has 0 fully saturated rings. The predicted molar refractivity (Wildman–Crippen MR) is 119 cm³/mol. The molecule has 0 radical (unpaired) electrons. The minimum absolute atomic E-state index is 0.0595. The molecule has 0 aromatic heterocycles. The van der Waals surface area contributed by atoms with Crippen LogP contribution in [0.5, 0.6) is 0 Å². The summed E-state index contributed by atoms with van der Waals surface area (Å²) in [5.74, 6) is -1.84. The van der Waals surface area contributed by atoms with Gasteiger partial charge < -0.3 is 10.1 Å². The quantitative estimate of drug-likeness (QED) is 0.493. The Morgan fingerprint density at radius 1 is 0.941 bits per heavy atom. The molecule has 1 amide bonds. The van der Waals surface area contributed by atoms with Gasteiger partial charge in [0.05, 0.1) is 16.0 Å². The third-order valence-electron chi connectivity index (χ3n) is 4.88. The molecule has 178 valence electrons.